The molecule has 0 aliphatic carbocycles. The molecule has 0 spiro atoms. The molecule has 2 aromatic rings. The molecule has 0 fully saturated rings. The second-order valence-electron chi connectivity index (χ2n) is 5.25. The predicted molar refractivity (Wildman–Crippen MR) is 85.1 cm³/mol. The first-order chi connectivity index (χ1) is 9.67. The summed E-state index contributed by atoms with van der Waals surface area (Å²) in [4.78, 5) is 4.65. The van der Waals surface area contributed by atoms with Crippen molar-refractivity contribution < 1.29 is 0 Å². The summed E-state index contributed by atoms with van der Waals surface area (Å²) in [6, 6.07) is 11.0. The number of nitrogens with one attached hydrogen (secondary N) is 1. The van der Waals surface area contributed by atoms with Crippen molar-refractivity contribution in [2.24, 2.45) is 0 Å². The molecule has 1 heterocycles. The highest BCUT2D eigenvalue weighted by molar-refractivity contribution is 5.39. The Morgan fingerprint density at radius 3 is 2.60 bits per heavy atom. The molecular weight excluding hydrogens is 244 g/mol. The summed E-state index contributed by atoms with van der Waals surface area (Å²) < 4.78 is 0. The largest absolute Gasteiger partial charge is 0.305 e. The van der Waals surface area contributed by atoms with Crippen LogP contribution >= 0.6 is 0 Å². The van der Waals surface area contributed by atoms with Crippen LogP contribution in [0.2, 0.25) is 0 Å². The number of hydrogen-bond donors (Lipinski definition) is 1. The highest BCUT2D eigenvalue weighted by Gasteiger charge is 2.18. The fraction of sp³-hybridized carbons (Fsp3) is 0.389. The monoisotopic (exact) mass is 268 g/mol. The first kappa shape index (κ1) is 14.7. The lowest BCUT2D eigenvalue weighted by atomic mass is 9.94. The summed E-state index contributed by atoms with van der Waals surface area (Å²) in [5.74, 6) is 0. The minimum Gasteiger partial charge on any atom is -0.305 e. The number of nitrogens with zero attached hydrogens (tertiary/aromatic N) is 1. The van der Waals surface area contributed by atoms with Crippen LogP contribution in [-0.2, 0) is 6.42 Å². The molecule has 0 amide bonds. The van der Waals surface area contributed by atoms with Gasteiger partial charge >= 0.3 is 0 Å². The maximum atomic E-state index is 4.65. The summed E-state index contributed by atoms with van der Waals surface area (Å²) in [6.45, 7) is 9.58. The summed E-state index contributed by atoms with van der Waals surface area (Å²) in [7, 11) is 0. The number of rotatable bonds is 5. The Kier molecular flexibility index (Phi) is 4.91. The maximum absolute atomic E-state index is 4.65. The lowest BCUT2D eigenvalue weighted by molar-refractivity contribution is 0.606. The lowest BCUT2D eigenvalue weighted by Gasteiger charge is -2.22. The van der Waals surface area contributed by atoms with E-state index >= 15 is 0 Å². The van der Waals surface area contributed by atoms with Crippen LogP contribution < -0.4 is 5.32 Å². The fourth-order valence-electron chi connectivity index (χ4n) is 2.72. The van der Waals surface area contributed by atoms with Crippen LogP contribution in [0.4, 0.5) is 0 Å². The molecule has 106 valence electrons. The second kappa shape index (κ2) is 6.67. The topological polar surface area (TPSA) is 24.9 Å². The van der Waals surface area contributed by atoms with E-state index in [-0.39, 0.29) is 6.04 Å². The van der Waals surface area contributed by atoms with Crippen LogP contribution in [0.25, 0.3) is 0 Å². The van der Waals surface area contributed by atoms with Crippen molar-refractivity contribution in [2.45, 2.75) is 40.2 Å². The van der Waals surface area contributed by atoms with Gasteiger partial charge in [-0.15, -0.1) is 0 Å². The first-order valence-electron chi connectivity index (χ1n) is 7.41. The summed E-state index contributed by atoms with van der Waals surface area (Å²) in [6.07, 6.45) is 2.90. The molecule has 1 unspecified atom stereocenters. The number of aromatic nitrogens is 1. The van der Waals surface area contributed by atoms with Crippen LogP contribution in [-0.4, -0.2) is 11.5 Å². The van der Waals surface area contributed by atoms with Crippen LogP contribution in [0, 0.1) is 13.8 Å². The molecule has 0 bridgehead atoms. The van der Waals surface area contributed by atoms with E-state index in [1.165, 1.54) is 22.3 Å². The zero-order valence-electron chi connectivity index (χ0n) is 12.9. The van der Waals surface area contributed by atoms with Crippen LogP contribution in [0.5, 0.6) is 0 Å². The molecule has 2 rings (SSSR count). The molecule has 0 aliphatic heterocycles. The highest BCUT2D eigenvalue weighted by Crippen LogP contribution is 2.26. The van der Waals surface area contributed by atoms with Crippen molar-refractivity contribution in [1.82, 2.24) is 10.3 Å². The van der Waals surface area contributed by atoms with E-state index in [4.69, 9.17) is 0 Å². The molecule has 2 nitrogen and oxygen atoms in total. The van der Waals surface area contributed by atoms with Crippen LogP contribution in [0.1, 0.15) is 47.8 Å². The summed E-state index contributed by atoms with van der Waals surface area (Å²) in [5, 5.41) is 3.59. The average Bonchev–Trinajstić information content (AvgIpc) is 2.45. The fourth-order valence-corrected chi connectivity index (χ4v) is 2.72. The Balaban J connectivity index is 2.50. The van der Waals surface area contributed by atoms with Crippen LogP contribution in [0.3, 0.4) is 0 Å². The second-order valence-corrected chi connectivity index (χ2v) is 5.25. The standard InChI is InChI=1S/C18H24N2/c1-5-15-8-7-11-20-17(15)18(19-6-2)16-10-9-13(3)12-14(16)4/h7-12,18-19H,5-6H2,1-4H3. The van der Waals surface area contributed by atoms with Crippen LogP contribution in [0.15, 0.2) is 36.5 Å². The molecule has 20 heavy (non-hydrogen) atoms. The predicted octanol–water partition coefficient (Wildman–Crippen LogP) is 3.96. The van der Waals surface area contributed by atoms with E-state index in [2.05, 4.69) is 62.3 Å². The van der Waals surface area contributed by atoms with E-state index in [0.717, 1.165) is 18.7 Å². The molecule has 2 heteroatoms. The van der Waals surface area contributed by atoms with E-state index in [9.17, 15) is 0 Å². The Bertz CT molecular complexity index is 575. The Hall–Kier alpha value is -1.67. The minimum absolute atomic E-state index is 0.178. The van der Waals surface area contributed by atoms with Gasteiger partial charge in [0, 0.05) is 6.20 Å². The zero-order valence-corrected chi connectivity index (χ0v) is 12.9. The van der Waals surface area contributed by atoms with E-state index in [1.807, 2.05) is 12.3 Å². The zero-order chi connectivity index (χ0) is 14.5. The van der Waals surface area contributed by atoms with Crippen molar-refractivity contribution in [1.29, 1.82) is 0 Å². The quantitative estimate of drug-likeness (QED) is 0.888. The lowest BCUT2D eigenvalue weighted by Crippen LogP contribution is -2.25. The van der Waals surface area contributed by atoms with Crippen molar-refractivity contribution in [2.75, 3.05) is 6.54 Å². The van der Waals surface area contributed by atoms with Gasteiger partial charge in [-0.25, -0.2) is 0 Å². The number of hydrogen-bond acceptors (Lipinski definition) is 2. The number of pyridine rings is 1. The van der Waals surface area contributed by atoms with Gasteiger partial charge in [0.15, 0.2) is 0 Å². The van der Waals surface area contributed by atoms with Crippen molar-refractivity contribution >= 4 is 0 Å². The van der Waals surface area contributed by atoms with E-state index in [1.54, 1.807) is 0 Å². The maximum Gasteiger partial charge on any atom is 0.0756 e. The molecule has 0 saturated heterocycles. The Morgan fingerprint density at radius 2 is 1.95 bits per heavy atom. The van der Waals surface area contributed by atoms with Gasteiger partial charge in [-0.1, -0.05) is 43.7 Å². The molecule has 0 radical (unpaired) electrons. The average molecular weight is 268 g/mol. The Labute approximate surface area is 122 Å². The number of aryl methyl sites for hydroxylation is 3. The van der Waals surface area contributed by atoms with Gasteiger partial charge in [-0.05, 0) is 49.6 Å². The van der Waals surface area contributed by atoms with Gasteiger partial charge < -0.3 is 5.32 Å². The smallest absolute Gasteiger partial charge is 0.0756 e. The number of benzene rings is 1. The van der Waals surface area contributed by atoms with E-state index < -0.39 is 0 Å². The van der Waals surface area contributed by atoms with Crippen molar-refractivity contribution in [3.63, 3.8) is 0 Å². The van der Waals surface area contributed by atoms with Gasteiger partial charge in [-0.2, -0.15) is 0 Å². The van der Waals surface area contributed by atoms with Gasteiger partial charge in [-0.3, -0.25) is 4.98 Å². The van der Waals surface area contributed by atoms with Gasteiger partial charge in [0.2, 0.25) is 0 Å². The molecule has 0 aliphatic rings. The van der Waals surface area contributed by atoms with Gasteiger partial charge in [0.25, 0.3) is 0 Å². The molecule has 1 N–H and O–H groups in total. The molecule has 1 aromatic carbocycles. The SMILES string of the molecule is CCNC(c1ccc(C)cc1C)c1ncccc1CC. The third-order valence-corrected chi connectivity index (χ3v) is 3.72. The third-order valence-electron chi connectivity index (χ3n) is 3.72. The van der Waals surface area contributed by atoms with Crippen molar-refractivity contribution in [3.05, 3.63) is 64.5 Å². The highest BCUT2D eigenvalue weighted by atomic mass is 14.9. The normalized spacial score (nSPS) is 12.4. The molecule has 0 saturated carbocycles. The molecular formula is C18H24N2. The summed E-state index contributed by atoms with van der Waals surface area (Å²) in [5.41, 5.74) is 6.43. The summed E-state index contributed by atoms with van der Waals surface area (Å²) >= 11 is 0. The third kappa shape index (κ3) is 3.07. The minimum atomic E-state index is 0.178. The molecule has 1 aromatic heterocycles. The van der Waals surface area contributed by atoms with Gasteiger partial charge in [0.1, 0.15) is 0 Å². The first-order valence-corrected chi connectivity index (χ1v) is 7.41. The van der Waals surface area contributed by atoms with Crippen molar-refractivity contribution in [3.8, 4) is 0 Å². The molecule has 1 atom stereocenters. The van der Waals surface area contributed by atoms with Gasteiger partial charge in [0.05, 0.1) is 11.7 Å². The Morgan fingerprint density at radius 1 is 1.15 bits per heavy atom. The van der Waals surface area contributed by atoms with E-state index in [0.29, 0.717) is 0 Å².